The molecule has 0 amide bonds. The monoisotopic (exact) mass is 572 g/mol. The van der Waals surface area contributed by atoms with E-state index >= 15 is 0 Å². The number of para-hydroxylation sites is 2. The highest BCUT2D eigenvalue weighted by Gasteiger charge is 2.15. The van der Waals surface area contributed by atoms with Crippen molar-refractivity contribution in [3.8, 4) is 5.69 Å². The molecule has 5 rings (SSSR count). The minimum atomic E-state index is 0. The van der Waals surface area contributed by atoms with Crippen molar-refractivity contribution in [2.75, 3.05) is 12.3 Å². The molecule has 5 aromatic rings. The number of tetrazole rings is 1. The van der Waals surface area contributed by atoms with Crippen LogP contribution in [0.4, 0.5) is 0 Å². The van der Waals surface area contributed by atoms with Gasteiger partial charge in [0.25, 0.3) is 0 Å². The number of hydrogen-bond donors (Lipinski definition) is 1. The van der Waals surface area contributed by atoms with E-state index in [1.54, 1.807) is 22.5 Å². The molecule has 0 aliphatic heterocycles. The Morgan fingerprint density at radius 3 is 2.57 bits per heavy atom. The largest absolute Gasteiger partial charge is 0.340 e. The molecule has 0 spiro atoms. The molecule has 0 atom stereocenters. The van der Waals surface area contributed by atoms with Gasteiger partial charge in [-0.2, -0.15) is 4.68 Å². The zero-order valence-electron chi connectivity index (χ0n) is 20.3. The van der Waals surface area contributed by atoms with Gasteiger partial charge in [0.15, 0.2) is 0 Å². The molecule has 6 nitrogen and oxygen atoms in total. The van der Waals surface area contributed by atoms with Gasteiger partial charge < -0.3 is 9.88 Å². The zero-order valence-corrected chi connectivity index (χ0v) is 23.4. The number of nitrogens with zero attached hydrogens (tertiary/aromatic N) is 5. The standard InChI is InChI=1S/C27H26Cl2N6S.ClH/c1-19-24(17-30-14-7-15-36-27-31-32-33-35(27)22-8-3-2-4-9-22)23-10-5-6-11-26(23)34(19)18-20-12-13-21(28)16-25(20)29;/h2-6,8-13,16,30H,7,14-15,17-18H2,1H3;1H. The average molecular weight is 574 g/mol. The third-order valence-electron chi connectivity index (χ3n) is 6.18. The van der Waals surface area contributed by atoms with E-state index < -0.39 is 0 Å². The van der Waals surface area contributed by atoms with Crippen LogP contribution < -0.4 is 5.32 Å². The van der Waals surface area contributed by atoms with Crippen LogP contribution in [0.1, 0.15) is 23.2 Å². The summed E-state index contributed by atoms with van der Waals surface area (Å²) in [6.45, 7) is 4.59. The number of thioether (sulfide) groups is 1. The van der Waals surface area contributed by atoms with Gasteiger partial charge in [-0.3, -0.25) is 0 Å². The van der Waals surface area contributed by atoms with Gasteiger partial charge in [-0.25, -0.2) is 0 Å². The zero-order chi connectivity index (χ0) is 24.9. The molecule has 0 fully saturated rings. The first kappa shape index (κ1) is 27.5. The summed E-state index contributed by atoms with van der Waals surface area (Å²) in [7, 11) is 0. The van der Waals surface area contributed by atoms with Crippen molar-refractivity contribution < 1.29 is 0 Å². The number of benzene rings is 3. The summed E-state index contributed by atoms with van der Waals surface area (Å²) < 4.78 is 4.12. The van der Waals surface area contributed by atoms with Gasteiger partial charge in [0.05, 0.1) is 5.69 Å². The maximum Gasteiger partial charge on any atom is 0.214 e. The quantitative estimate of drug-likeness (QED) is 0.144. The Morgan fingerprint density at radius 2 is 1.76 bits per heavy atom. The van der Waals surface area contributed by atoms with E-state index in [4.69, 9.17) is 23.2 Å². The van der Waals surface area contributed by atoms with Gasteiger partial charge in [0, 0.05) is 45.5 Å². The molecule has 0 aliphatic rings. The lowest BCUT2D eigenvalue weighted by atomic mass is 10.1. The van der Waals surface area contributed by atoms with Crippen molar-refractivity contribution in [1.82, 2.24) is 30.1 Å². The Morgan fingerprint density at radius 1 is 0.973 bits per heavy atom. The Bertz CT molecular complexity index is 1470. The fraction of sp³-hybridized carbons (Fsp3) is 0.222. The summed E-state index contributed by atoms with van der Waals surface area (Å²) >= 11 is 14.2. The molecule has 2 heterocycles. The van der Waals surface area contributed by atoms with Crippen molar-refractivity contribution in [2.24, 2.45) is 0 Å². The Kier molecular flexibility index (Phi) is 9.51. The predicted octanol–water partition coefficient (Wildman–Crippen LogP) is 6.97. The fourth-order valence-corrected chi connectivity index (χ4v) is 5.62. The first-order chi connectivity index (χ1) is 17.6. The van der Waals surface area contributed by atoms with E-state index in [0.717, 1.165) is 41.7 Å². The summed E-state index contributed by atoms with van der Waals surface area (Å²) in [6, 6.07) is 24.2. The second-order valence-corrected chi connectivity index (χ2v) is 10.4. The summed E-state index contributed by atoms with van der Waals surface area (Å²) in [5, 5.41) is 19.2. The number of nitrogens with one attached hydrogen (secondary N) is 1. The summed E-state index contributed by atoms with van der Waals surface area (Å²) in [5.41, 5.74) is 5.79. The topological polar surface area (TPSA) is 60.6 Å². The summed E-state index contributed by atoms with van der Waals surface area (Å²) in [5.74, 6) is 0.927. The third-order valence-corrected chi connectivity index (χ3v) is 7.77. The molecule has 0 aliphatic carbocycles. The lowest BCUT2D eigenvalue weighted by molar-refractivity contribution is 0.672. The smallest absolute Gasteiger partial charge is 0.214 e. The van der Waals surface area contributed by atoms with Crippen molar-refractivity contribution in [2.45, 2.75) is 31.6 Å². The van der Waals surface area contributed by atoms with Crippen LogP contribution in [0.3, 0.4) is 0 Å². The van der Waals surface area contributed by atoms with Crippen LogP contribution in [0, 0.1) is 6.92 Å². The lowest BCUT2D eigenvalue weighted by Gasteiger charge is -2.11. The molecule has 1 N–H and O–H groups in total. The average Bonchev–Trinajstić information content (AvgIpc) is 3.46. The number of hydrogen-bond acceptors (Lipinski definition) is 5. The van der Waals surface area contributed by atoms with E-state index in [1.165, 1.54) is 22.2 Å². The molecule has 0 unspecified atom stereocenters. The van der Waals surface area contributed by atoms with Crippen LogP contribution in [-0.4, -0.2) is 37.1 Å². The number of aromatic nitrogens is 5. The van der Waals surface area contributed by atoms with E-state index in [2.05, 4.69) is 56.6 Å². The molecule has 192 valence electrons. The van der Waals surface area contributed by atoms with Gasteiger partial charge in [-0.05, 0) is 71.8 Å². The minimum absolute atomic E-state index is 0. The third kappa shape index (κ3) is 6.30. The maximum atomic E-state index is 6.48. The number of rotatable bonds is 10. The van der Waals surface area contributed by atoms with Gasteiger partial charge in [-0.1, -0.05) is 77.4 Å². The van der Waals surface area contributed by atoms with Crippen LogP contribution >= 0.6 is 47.4 Å². The number of halogens is 3. The summed E-state index contributed by atoms with van der Waals surface area (Å²) in [4.78, 5) is 0. The molecule has 2 aromatic heterocycles. The molecular formula is C27H27Cl3N6S. The van der Waals surface area contributed by atoms with Crippen LogP contribution in [0.2, 0.25) is 10.0 Å². The molecule has 0 bridgehead atoms. The minimum Gasteiger partial charge on any atom is -0.340 e. The first-order valence-corrected chi connectivity index (χ1v) is 13.5. The maximum absolute atomic E-state index is 6.48. The van der Waals surface area contributed by atoms with E-state index in [9.17, 15) is 0 Å². The fourth-order valence-electron chi connectivity index (χ4n) is 4.32. The van der Waals surface area contributed by atoms with Crippen LogP contribution in [0.15, 0.2) is 78.0 Å². The van der Waals surface area contributed by atoms with Crippen LogP contribution in [0.25, 0.3) is 16.6 Å². The highest BCUT2D eigenvalue weighted by atomic mass is 35.5. The molecule has 0 radical (unpaired) electrons. The highest BCUT2D eigenvalue weighted by molar-refractivity contribution is 7.99. The molecular weight excluding hydrogens is 547 g/mol. The van der Waals surface area contributed by atoms with Crippen LogP contribution in [-0.2, 0) is 13.1 Å². The normalized spacial score (nSPS) is 11.1. The van der Waals surface area contributed by atoms with Gasteiger partial charge in [0.1, 0.15) is 0 Å². The Balaban J connectivity index is 0.00000320. The molecule has 10 heteroatoms. The second kappa shape index (κ2) is 12.8. The van der Waals surface area contributed by atoms with Gasteiger partial charge >= 0.3 is 0 Å². The predicted molar refractivity (Wildman–Crippen MR) is 156 cm³/mol. The lowest BCUT2D eigenvalue weighted by Crippen LogP contribution is -2.16. The van der Waals surface area contributed by atoms with E-state index in [0.29, 0.717) is 16.6 Å². The highest BCUT2D eigenvalue weighted by Crippen LogP contribution is 2.29. The molecule has 37 heavy (non-hydrogen) atoms. The Labute approximate surface area is 236 Å². The van der Waals surface area contributed by atoms with Gasteiger partial charge in [0.2, 0.25) is 5.16 Å². The van der Waals surface area contributed by atoms with Crippen molar-refractivity contribution in [3.05, 3.63) is 99.7 Å². The number of fused-ring (bicyclic) bond motifs is 1. The van der Waals surface area contributed by atoms with E-state index in [1.807, 2.05) is 42.5 Å². The second-order valence-electron chi connectivity index (χ2n) is 8.49. The summed E-state index contributed by atoms with van der Waals surface area (Å²) in [6.07, 6.45) is 1.00. The molecule has 0 saturated carbocycles. The van der Waals surface area contributed by atoms with Crippen molar-refractivity contribution >= 4 is 58.3 Å². The van der Waals surface area contributed by atoms with Gasteiger partial charge in [-0.15, -0.1) is 17.5 Å². The van der Waals surface area contributed by atoms with Crippen LogP contribution in [0.5, 0.6) is 0 Å². The molecule has 0 saturated heterocycles. The van der Waals surface area contributed by atoms with Crippen molar-refractivity contribution in [1.29, 1.82) is 0 Å². The van der Waals surface area contributed by atoms with E-state index in [-0.39, 0.29) is 12.4 Å². The molecule has 3 aromatic carbocycles. The van der Waals surface area contributed by atoms with Crippen molar-refractivity contribution in [3.63, 3.8) is 0 Å². The first-order valence-electron chi connectivity index (χ1n) is 11.8. The SMILES string of the molecule is Cc1c(CNCCCSc2nnnn2-c2ccccc2)c2ccccc2n1Cc1ccc(Cl)cc1Cl.Cl. The Hall–Kier alpha value is -2.55.